The average Bonchev–Trinajstić information content (AvgIpc) is 2.13. The lowest BCUT2D eigenvalue weighted by molar-refractivity contribution is -0.144. The quantitative estimate of drug-likeness (QED) is 0.662. The molecular weight excluding hydrogens is 184 g/mol. The van der Waals surface area contributed by atoms with E-state index >= 15 is 0 Å². The van der Waals surface area contributed by atoms with E-state index < -0.39 is 12.0 Å². The lowest BCUT2D eigenvalue weighted by atomic mass is 10.1. The fraction of sp³-hybridized carbons (Fsp3) is 0.778. The third-order valence-corrected chi connectivity index (χ3v) is 1.92. The normalized spacial score (nSPS) is 14.8. The van der Waals surface area contributed by atoms with Crippen molar-refractivity contribution in [1.29, 1.82) is 5.26 Å². The molecule has 2 atom stereocenters. The third kappa shape index (κ3) is 4.21. The number of nitriles is 1. The molecule has 0 rings (SSSR count). The van der Waals surface area contributed by atoms with Gasteiger partial charge in [-0.25, -0.2) is 0 Å². The molecule has 0 saturated heterocycles. The molecule has 0 heterocycles. The van der Waals surface area contributed by atoms with Crippen LogP contribution in [0.15, 0.2) is 0 Å². The number of nitrogens with zero attached hydrogens (tertiary/aromatic N) is 2. The minimum Gasteiger partial charge on any atom is -0.480 e. The summed E-state index contributed by atoms with van der Waals surface area (Å²) in [6.45, 7) is 2.31. The van der Waals surface area contributed by atoms with Crippen LogP contribution < -0.4 is 0 Å². The Morgan fingerprint density at radius 2 is 2.29 bits per heavy atom. The van der Waals surface area contributed by atoms with Gasteiger partial charge in [-0.15, -0.1) is 0 Å². The first kappa shape index (κ1) is 12.9. The minimum atomic E-state index is -0.931. The van der Waals surface area contributed by atoms with Crippen molar-refractivity contribution in [2.45, 2.75) is 13.0 Å². The van der Waals surface area contributed by atoms with Gasteiger partial charge in [-0.3, -0.25) is 9.69 Å². The summed E-state index contributed by atoms with van der Waals surface area (Å²) in [5, 5.41) is 17.4. The van der Waals surface area contributed by atoms with Crippen LogP contribution in [0, 0.1) is 17.2 Å². The van der Waals surface area contributed by atoms with Crippen molar-refractivity contribution in [1.82, 2.24) is 4.90 Å². The molecule has 0 bridgehead atoms. The van der Waals surface area contributed by atoms with Gasteiger partial charge in [0.25, 0.3) is 0 Å². The number of carboxylic acids is 1. The van der Waals surface area contributed by atoms with Crippen LogP contribution in [-0.4, -0.2) is 49.3 Å². The average molecular weight is 200 g/mol. The van der Waals surface area contributed by atoms with Crippen LogP contribution >= 0.6 is 0 Å². The Balaban J connectivity index is 4.22. The predicted octanol–water partition coefficient (Wildman–Crippen LogP) is 0.177. The number of likely N-dealkylation sites (N-methyl/N-ethyl adjacent to an activating group) is 1. The number of aliphatic carboxylic acids is 1. The van der Waals surface area contributed by atoms with Crippen molar-refractivity contribution in [3.8, 4) is 6.07 Å². The summed E-state index contributed by atoms with van der Waals surface area (Å²) in [6.07, 6.45) is 0. The number of carboxylic acid groups (broad SMARTS) is 1. The van der Waals surface area contributed by atoms with Gasteiger partial charge >= 0.3 is 5.97 Å². The Hall–Kier alpha value is -1.12. The van der Waals surface area contributed by atoms with Gasteiger partial charge in [0.05, 0.1) is 18.6 Å². The summed E-state index contributed by atoms with van der Waals surface area (Å²) < 4.78 is 4.80. The highest BCUT2D eigenvalue weighted by molar-refractivity contribution is 5.73. The van der Waals surface area contributed by atoms with Crippen molar-refractivity contribution in [3.63, 3.8) is 0 Å². The monoisotopic (exact) mass is 200 g/mol. The largest absolute Gasteiger partial charge is 0.480 e. The van der Waals surface area contributed by atoms with Crippen LogP contribution in [0.5, 0.6) is 0 Å². The van der Waals surface area contributed by atoms with Crippen LogP contribution in [0.25, 0.3) is 0 Å². The van der Waals surface area contributed by atoms with E-state index in [4.69, 9.17) is 15.1 Å². The first-order valence-corrected chi connectivity index (χ1v) is 4.34. The molecule has 5 heteroatoms. The second-order valence-electron chi connectivity index (χ2n) is 3.28. The molecule has 80 valence electrons. The number of methoxy groups -OCH3 is 1. The molecule has 0 aliphatic carbocycles. The zero-order valence-electron chi connectivity index (χ0n) is 8.73. The topological polar surface area (TPSA) is 73.6 Å². The first-order valence-electron chi connectivity index (χ1n) is 4.34. The lowest BCUT2D eigenvalue weighted by Crippen LogP contribution is -2.43. The molecule has 5 nitrogen and oxygen atoms in total. The van der Waals surface area contributed by atoms with Gasteiger partial charge < -0.3 is 9.84 Å². The van der Waals surface area contributed by atoms with Crippen LogP contribution in [0.3, 0.4) is 0 Å². The molecule has 0 aromatic rings. The van der Waals surface area contributed by atoms with Crippen molar-refractivity contribution in [2.75, 3.05) is 27.3 Å². The minimum absolute atomic E-state index is 0.129. The van der Waals surface area contributed by atoms with E-state index in [0.29, 0.717) is 6.54 Å². The lowest BCUT2D eigenvalue weighted by Gasteiger charge is -2.24. The Morgan fingerprint density at radius 1 is 1.71 bits per heavy atom. The van der Waals surface area contributed by atoms with E-state index in [-0.39, 0.29) is 12.5 Å². The van der Waals surface area contributed by atoms with Gasteiger partial charge in [0.15, 0.2) is 0 Å². The van der Waals surface area contributed by atoms with E-state index in [0.717, 1.165) is 0 Å². The molecule has 0 aliphatic heterocycles. The molecule has 0 radical (unpaired) electrons. The summed E-state index contributed by atoms with van der Waals surface area (Å²) >= 11 is 0. The Bertz CT molecular complexity index is 225. The molecule has 0 aromatic carbocycles. The van der Waals surface area contributed by atoms with Crippen molar-refractivity contribution in [2.24, 2.45) is 5.92 Å². The number of hydrogen-bond donors (Lipinski definition) is 1. The molecule has 2 unspecified atom stereocenters. The summed E-state index contributed by atoms with van der Waals surface area (Å²) in [6, 6.07) is 1.37. The van der Waals surface area contributed by atoms with Gasteiger partial charge in [-0.2, -0.15) is 5.26 Å². The predicted molar refractivity (Wildman–Crippen MR) is 50.7 cm³/mol. The Labute approximate surface area is 83.9 Å². The second kappa shape index (κ2) is 6.35. The zero-order chi connectivity index (χ0) is 11.1. The van der Waals surface area contributed by atoms with E-state index in [1.165, 1.54) is 7.11 Å². The van der Waals surface area contributed by atoms with Gasteiger partial charge in [0.2, 0.25) is 0 Å². The molecule has 14 heavy (non-hydrogen) atoms. The number of hydrogen-bond acceptors (Lipinski definition) is 4. The molecular formula is C9H16N2O3. The molecule has 0 aromatic heterocycles. The smallest absolute Gasteiger partial charge is 0.323 e. The van der Waals surface area contributed by atoms with Gasteiger partial charge in [-0.1, -0.05) is 0 Å². The second-order valence-corrected chi connectivity index (χ2v) is 3.28. The van der Waals surface area contributed by atoms with Crippen molar-refractivity contribution < 1.29 is 14.6 Å². The first-order chi connectivity index (χ1) is 6.52. The molecule has 0 aliphatic rings. The van der Waals surface area contributed by atoms with Crippen LogP contribution in [0.4, 0.5) is 0 Å². The Morgan fingerprint density at radius 3 is 2.64 bits per heavy atom. The number of carbonyl (C=O) groups is 1. The van der Waals surface area contributed by atoms with E-state index in [2.05, 4.69) is 6.07 Å². The molecule has 0 spiro atoms. The fourth-order valence-corrected chi connectivity index (χ4v) is 1.14. The highest BCUT2D eigenvalue weighted by atomic mass is 16.5. The van der Waals surface area contributed by atoms with Crippen LogP contribution in [0.2, 0.25) is 0 Å². The molecule has 1 N–H and O–H groups in total. The summed E-state index contributed by atoms with van der Waals surface area (Å²) in [5.41, 5.74) is 0. The SMILES string of the molecule is COCC(C(=O)O)N(C)CC(C)C#N. The molecule has 0 fully saturated rings. The van der Waals surface area contributed by atoms with Crippen LogP contribution in [-0.2, 0) is 9.53 Å². The zero-order valence-corrected chi connectivity index (χ0v) is 8.73. The van der Waals surface area contributed by atoms with Gasteiger partial charge in [-0.05, 0) is 14.0 Å². The summed E-state index contributed by atoms with van der Waals surface area (Å²) in [4.78, 5) is 12.4. The summed E-state index contributed by atoms with van der Waals surface area (Å²) in [7, 11) is 3.13. The van der Waals surface area contributed by atoms with Crippen LogP contribution in [0.1, 0.15) is 6.92 Å². The van der Waals surface area contributed by atoms with Crippen molar-refractivity contribution >= 4 is 5.97 Å². The van der Waals surface area contributed by atoms with Gasteiger partial charge in [0.1, 0.15) is 6.04 Å². The van der Waals surface area contributed by atoms with Gasteiger partial charge in [0, 0.05) is 13.7 Å². The number of ether oxygens (including phenoxy) is 1. The maximum Gasteiger partial charge on any atom is 0.323 e. The highest BCUT2D eigenvalue weighted by Crippen LogP contribution is 2.02. The standard InChI is InChI=1S/C9H16N2O3/c1-7(4-10)5-11(2)8(6-14-3)9(12)13/h7-8H,5-6H2,1-3H3,(H,12,13). The molecule has 0 amide bonds. The van der Waals surface area contributed by atoms with E-state index in [1.54, 1.807) is 18.9 Å². The van der Waals surface area contributed by atoms with Crippen molar-refractivity contribution in [3.05, 3.63) is 0 Å². The number of rotatable bonds is 6. The van der Waals surface area contributed by atoms with E-state index in [1.807, 2.05) is 0 Å². The Kier molecular flexibility index (Phi) is 5.84. The maximum absolute atomic E-state index is 10.8. The fourth-order valence-electron chi connectivity index (χ4n) is 1.14. The third-order valence-electron chi connectivity index (χ3n) is 1.92. The van der Waals surface area contributed by atoms with E-state index in [9.17, 15) is 4.79 Å². The highest BCUT2D eigenvalue weighted by Gasteiger charge is 2.23. The summed E-state index contributed by atoms with van der Waals surface area (Å²) in [5.74, 6) is -1.11. The maximum atomic E-state index is 10.8. The molecule has 0 saturated carbocycles.